The molecule has 0 atom stereocenters. The summed E-state index contributed by atoms with van der Waals surface area (Å²) in [6.45, 7) is 0. The molecule has 0 unspecified atom stereocenters. The van der Waals surface area contributed by atoms with Crippen molar-refractivity contribution in [3.05, 3.63) is 29.8 Å². The van der Waals surface area contributed by atoms with Crippen molar-refractivity contribution in [1.82, 2.24) is 10.7 Å². The summed E-state index contributed by atoms with van der Waals surface area (Å²) in [5.74, 6) is 0.629. The average Bonchev–Trinajstić information content (AvgIpc) is 2.63. The van der Waals surface area contributed by atoms with E-state index in [1.807, 2.05) is 24.3 Å². The number of benzene rings is 1. The van der Waals surface area contributed by atoms with Gasteiger partial charge in [-0.2, -0.15) is 5.10 Å². The Labute approximate surface area is 149 Å². The zero-order valence-electron chi connectivity index (χ0n) is 14.8. The van der Waals surface area contributed by atoms with Gasteiger partial charge in [-0.15, -0.1) is 0 Å². The number of rotatable bonds is 8. The van der Waals surface area contributed by atoms with Gasteiger partial charge in [-0.05, 0) is 49.1 Å². The predicted molar refractivity (Wildman–Crippen MR) is 97.6 cm³/mol. The van der Waals surface area contributed by atoms with E-state index in [1.165, 1.54) is 19.3 Å². The zero-order chi connectivity index (χ0) is 17.9. The minimum absolute atomic E-state index is 0.0430. The first-order chi connectivity index (χ1) is 12.2. The van der Waals surface area contributed by atoms with Crippen LogP contribution in [0.3, 0.4) is 0 Å². The lowest BCUT2D eigenvalue weighted by Gasteiger charge is -2.22. The second kappa shape index (κ2) is 10.5. The highest BCUT2D eigenvalue weighted by molar-refractivity contribution is 5.83. The number of hydrazone groups is 1. The molecule has 1 aliphatic rings. The highest BCUT2D eigenvalue weighted by Gasteiger charge is 2.15. The number of nitrogens with one attached hydrogen (secondary N) is 2. The lowest BCUT2D eigenvalue weighted by atomic mass is 9.95. The van der Waals surface area contributed by atoms with Crippen LogP contribution in [0.25, 0.3) is 0 Å². The van der Waals surface area contributed by atoms with Crippen molar-refractivity contribution in [3.63, 3.8) is 0 Å². The normalized spacial score (nSPS) is 15.1. The standard InChI is InChI=1S/C19H27N3O3/c1-25-17-12-10-15(11-13-17)14-20-22-19(24)9-5-8-18(23)21-16-6-3-2-4-7-16/h10-14,16H,2-9H2,1H3,(H,21,23)(H,22,24)/b20-14+. The number of hydrogen-bond acceptors (Lipinski definition) is 4. The first-order valence-corrected chi connectivity index (χ1v) is 8.92. The number of methoxy groups -OCH3 is 1. The maximum atomic E-state index is 11.9. The van der Waals surface area contributed by atoms with E-state index in [0.29, 0.717) is 18.9 Å². The topological polar surface area (TPSA) is 79.8 Å². The summed E-state index contributed by atoms with van der Waals surface area (Å²) in [5.41, 5.74) is 3.35. The fourth-order valence-electron chi connectivity index (χ4n) is 2.88. The van der Waals surface area contributed by atoms with E-state index >= 15 is 0 Å². The number of amides is 2. The molecule has 0 heterocycles. The monoisotopic (exact) mass is 345 g/mol. The third kappa shape index (κ3) is 7.37. The fourth-order valence-corrected chi connectivity index (χ4v) is 2.88. The van der Waals surface area contributed by atoms with Crippen LogP contribution in [0.2, 0.25) is 0 Å². The molecule has 0 bridgehead atoms. The first kappa shape index (κ1) is 19.0. The second-order valence-electron chi connectivity index (χ2n) is 6.32. The van der Waals surface area contributed by atoms with Gasteiger partial charge < -0.3 is 10.1 Å². The molecule has 1 aromatic carbocycles. The molecule has 2 rings (SSSR count). The minimum atomic E-state index is -0.185. The largest absolute Gasteiger partial charge is 0.497 e. The van der Waals surface area contributed by atoms with E-state index < -0.39 is 0 Å². The Balaban J connectivity index is 1.59. The highest BCUT2D eigenvalue weighted by Crippen LogP contribution is 2.17. The highest BCUT2D eigenvalue weighted by atomic mass is 16.5. The van der Waals surface area contributed by atoms with E-state index in [2.05, 4.69) is 15.8 Å². The van der Waals surface area contributed by atoms with Gasteiger partial charge in [-0.3, -0.25) is 9.59 Å². The molecule has 0 saturated heterocycles. The molecule has 2 amide bonds. The Bertz CT molecular complexity index is 578. The third-order valence-corrected chi connectivity index (χ3v) is 4.30. The van der Waals surface area contributed by atoms with E-state index in [1.54, 1.807) is 13.3 Å². The molecule has 1 aromatic rings. The number of nitrogens with zero attached hydrogens (tertiary/aromatic N) is 1. The van der Waals surface area contributed by atoms with E-state index in [4.69, 9.17) is 4.74 Å². The van der Waals surface area contributed by atoms with Gasteiger partial charge in [0.2, 0.25) is 11.8 Å². The van der Waals surface area contributed by atoms with Gasteiger partial charge in [-0.1, -0.05) is 19.3 Å². The average molecular weight is 345 g/mol. The zero-order valence-corrected chi connectivity index (χ0v) is 14.8. The Morgan fingerprint density at radius 3 is 2.48 bits per heavy atom. The van der Waals surface area contributed by atoms with Crippen LogP contribution in [0, 0.1) is 0 Å². The van der Waals surface area contributed by atoms with Crippen LogP contribution in [-0.2, 0) is 9.59 Å². The van der Waals surface area contributed by atoms with Gasteiger partial charge in [0, 0.05) is 18.9 Å². The maximum Gasteiger partial charge on any atom is 0.240 e. The van der Waals surface area contributed by atoms with Gasteiger partial charge in [0.05, 0.1) is 13.3 Å². The van der Waals surface area contributed by atoms with Crippen LogP contribution in [0.15, 0.2) is 29.4 Å². The van der Waals surface area contributed by atoms with Gasteiger partial charge >= 0.3 is 0 Å². The summed E-state index contributed by atoms with van der Waals surface area (Å²) in [4.78, 5) is 23.6. The van der Waals surface area contributed by atoms with Crippen molar-refractivity contribution in [1.29, 1.82) is 0 Å². The maximum absolute atomic E-state index is 11.9. The van der Waals surface area contributed by atoms with Gasteiger partial charge in [0.1, 0.15) is 5.75 Å². The molecule has 1 fully saturated rings. The Kier molecular flexibility index (Phi) is 7.95. The number of carbonyl (C=O) groups is 2. The molecular formula is C19H27N3O3. The van der Waals surface area contributed by atoms with Crippen LogP contribution in [-0.4, -0.2) is 31.2 Å². The lowest BCUT2D eigenvalue weighted by molar-refractivity contribution is -0.123. The fraction of sp³-hybridized carbons (Fsp3) is 0.526. The quantitative estimate of drug-likeness (QED) is 0.562. The summed E-state index contributed by atoms with van der Waals surface area (Å²) >= 11 is 0. The molecule has 1 aliphatic carbocycles. The van der Waals surface area contributed by atoms with Crippen LogP contribution < -0.4 is 15.5 Å². The van der Waals surface area contributed by atoms with Crippen LogP contribution in [0.4, 0.5) is 0 Å². The molecule has 0 aromatic heterocycles. The van der Waals surface area contributed by atoms with Crippen molar-refractivity contribution in [2.45, 2.75) is 57.4 Å². The second-order valence-corrected chi connectivity index (χ2v) is 6.32. The lowest BCUT2D eigenvalue weighted by Crippen LogP contribution is -2.36. The summed E-state index contributed by atoms with van der Waals surface area (Å²) in [5, 5.41) is 6.98. The first-order valence-electron chi connectivity index (χ1n) is 8.92. The Morgan fingerprint density at radius 1 is 1.12 bits per heavy atom. The molecule has 0 spiro atoms. The predicted octanol–water partition coefficient (Wildman–Crippen LogP) is 2.76. The summed E-state index contributed by atoms with van der Waals surface area (Å²) < 4.78 is 5.08. The molecule has 2 N–H and O–H groups in total. The molecule has 0 aliphatic heterocycles. The summed E-state index contributed by atoms with van der Waals surface area (Å²) in [6, 6.07) is 7.68. The molecule has 1 saturated carbocycles. The Morgan fingerprint density at radius 2 is 1.80 bits per heavy atom. The number of hydrogen-bond donors (Lipinski definition) is 2. The molecule has 6 heteroatoms. The smallest absolute Gasteiger partial charge is 0.240 e. The van der Waals surface area contributed by atoms with Crippen molar-refractivity contribution >= 4 is 18.0 Å². The van der Waals surface area contributed by atoms with Crippen LogP contribution in [0.1, 0.15) is 56.9 Å². The Hall–Kier alpha value is -2.37. The van der Waals surface area contributed by atoms with Gasteiger partial charge in [0.15, 0.2) is 0 Å². The molecule has 0 radical (unpaired) electrons. The number of ether oxygens (including phenoxy) is 1. The van der Waals surface area contributed by atoms with Crippen molar-refractivity contribution < 1.29 is 14.3 Å². The van der Waals surface area contributed by atoms with Gasteiger partial charge in [-0.25, -0.2) is 5.43 Å². The third-order valence-electron chi connectivity index (χ3n) is 4.30. The molecule has 136 valence electrons. The van der Waals surface area contributed by atoms with Crippen molar-refractivity contribution in [2.24, 2.45) is 5.10 Å². The van der Waals surface area contributed by atoms with Crippen LogP contribution >= 0.6 is 0 Å². The van der Waals surface area contributed by atoms with Gasteiger partial charge in [0.25, 0.3) is 0 Å². The van der Waals surface area contributed by atoms with Crippen LogP contribution in [0.5, 0.6) is 5.75 Å². The summed E-state index contributed by atoms with van der Waals surface area (Å²) in [6.07, 6.45) is 8.58. The van der Waals surface area contributed by atoms with Crippen molar-refractivity contribution in [2.75, 3.05) is 7.11 Å². The molecule has 6 nitrogen and oxygen atoms in total. The van der Waals surface area contributed by atoms with E-state index in [9.17, 15) is 9.59 Å². The molecular weight excluding hydrogens is 318 g/mol. The minimum Gasteiger partial charge on any atom is -0.497 e. The SMILES string of the molecule is COc1ccc(/C=N/NC(=O)CCCC(=O)NC2CCCCC2)cc1. The molecule has 25 heavy (non-hydrogen) atoms. The van der Waals surface area contributed by atoms with E-state index in [-0.39, 0.29) is 18.2 Å². The van der Waals surface area contributed by atoms with Crippen molar-refractivity contribution in [3.8, 4) is 5.75 Å². The number of carbonyl (C=O) groups excluding carboxylic acids is 2. The van der Waals surface area contributed by atoms with E-state index in [0.717, 1.165) is 24.2 Å². The summed E-state index contributed by atoms with van der Waals surface area (Å²) in [7, 11) is 1.61.